The third-order valence-electron chi connectivity index (χ3n) is 2.84. The van der Waals surface area contributed by atoms with Crippen LogP contribution in [0.3, 0.4) is 0 Å². The summed E-state index contributed by atoms with van der Waals surface area (Å²) < 4.78 is 0. The molecular formula is C12H10Cl2N2O. The summed E-state index contributed by atoms with van der Waals surface area (Å²) in [5.74, 6) is 0.0895. The van der Waals surface area contributed by atoms with Crippen molar-refractivity contribution in [2.45, 2.75) is 12.3 Å². The second kappa shape index (κ2) is 4.95. The number of hydrogen-bond acceptors (Lipinski definition) is 2. The average molecular weight is 269 g/mol. The lowest BCUT2D eigenvalue weighted by Gasteiger charge is -2.03. The van der Waals surface area contributed by atoms with Crippen LogP contribution in [0.2, 0.25) is 10.0 Å². The Morgan fingerprint density at radius 1 is 1.47 bits per heavy atom. The summed E-state index contributed by atoms with van der Waals surface area (Å²) in [5, 5.41) is 12.0. The quantitative estimate of drug-likeness (QED) is 0.858. The fraction of sp³-hybridized carbons (Fsp3) is 0.333. The van der Waals surface area contributed by atoms with Crippen molar-refractivity contribution in [1.82, 2.24) is 5.32 Å². The van der Waals surface area contributed by atoms with E-state index in [0.29, 0.717) is 10.0 Å². The minimum atomic E-state index is -0.0670. The predicted octanol–water partition coefficient (Wildman–Crippen LogP) is 2.74. The molecule has 1 aliphatic carbocycles. The standard InChI is InChI=1S/C12H10Cl2N2O/c13-10-2-1-7(5-11(10)14)8-6-9(8)12(17)16-4-3-15/h1-2,5,8-9H,4,6H2,(H,16,17)/t8-,9+/m0/s1. The average Bonchev–Trinajstić information content (AvgIpc) is 3.09. The van der Waals surface area contributed by atoms with E-state index in [2.05, 4.69) is 5.32 Å². The minimum absolute atomic E-state index is 0.0411. The first-order valence-electron chi connectivity index (χ1n) is 5.23. The van der Waals surface area contributed by atoms with Crippen LogP contribution in [-0.2, 0) is 4.79 Å². The highest BCUT2D eigenvalue weighted by Crippen LogP contribution is 2.48. The Labute approximate surface area is 109 Å². The highest BCUT2D eigenvalue weighted by atomic mass is 35.5. The van der Waals surface area contributed by atoms with Crippen molar-refractivity contribution in [2.75, 3.05) is 6.54 Å². The van der Waals surface area contributed by atoms with Gasteiger partial charge in [-0.25, -0.2) is 0 Å². The van der Waals surface area contributed by atoms with Crippen LogP contribution in [0, 0.1) is 17.2 Å². The number of carbonyl (C=O) groups is 1. The van der Waals surface area contributed by atoms with Crippen LogP contribution in [0.15, 0.2) is 18.2 Å². The fourth-order valence-electron chi connectivity index (χ4n) is 1.85. The van der Waals surface area contributed by atoms with E-state index < -0.39 is 0 Å². The van der Waals surface area contributed by atoms with E-state index in [4.69, 9.17) is 28.5 Å². The minimum Gasteiger partial charge on any atom is -0.343 e. The number of hydrogen-bond donors (Lipinski definition) is 1. The molecule has 5 heteroatoms. The molecule has 0 bridgehead atoms. The number of amides is 1. The van der Waals surface area contributed by atoms with E-state index in [1.165, 1.54) is 0 Å². The fourth-order valence-corrected chi connectivity index (χ4v) is 2.16. The lowest BCUT2D eigenvalue weighted by Crippen LogP contribution is -2.25. The Hall–Kier alpha value is -1.24. The maximum atomic E-state index is 11.6. The first-order chi connectivity index (χ1) is 8.13. The molecule has 0 spiro atoms. The van der Waals surface area contributed by atoms with Crippen molar-refractivity contribution >= 4 is 29.1 Å². The maximum absolute atomic E-state index is 11.6. The SMILES string of the molecule is N#CCNC(=O)[C@@H]1C[C@H]1c1ccc(Cl)c(Cl)c1. The molecule has 17 heavy (non-hydrogen) atoms. The number of rotatable bonds is 3. The van der Waals surface area contributed by atoms with Crippen molar-refractivity contribution in [1.29, 1.82) is 5.26 Å². The Morgan fingerprint density at radius 3 is 2.88 bits per heavy atom. The van der Waals surface area contributed by atoms with Crippen LogP contribution >= 0.6 is 23.2 Å². The molecule has 0 aromatic heterocycles. The molecule has 1 aromatic rings. The summed E-state index contributed by atoms with van der Waals surface area (Å²) in [6, 6.07) is 7.30. The monoisotopic (exact) mass is 268 g/mol. The second-order valence-corrected chi connectivity index (χ2v) is 4.81. The lowest BCUT2D eigenvalue weighted by atomic mass is 10.1. The van der Waals surface area contributed by atoms with E-state index in [1.807, 2.05) is 12.1 Å². The second-order valence-electron chi connectivity index (χ2n) is 4.00. The van der Waals surface area contributed by atoms with Gasteiger partial charge in [0, 0.05) is 5.92 Å². The van der Waals surface area contributed by atoms with Gasteiger partial charge in [-0.05, 0) is 30.0 Å². The van der Waals surface area contributed by atoms with Gasteiger partial charge in [-0.15, -0.1) is 0 Å². The number of halogens is 2. The van der Waals surface area contributed by atoms with Gasteiger partial charge in [0.1, 0.15) is 6.54 Å². The molecule has 1 aromatic carbocycles. The summed E-state index contributed by atoms with van der Waals surface area (Å²) in [5.41, 5.74) is 1.02. The molecule has 2 rings (SSSR count). The van der Waals surface area contributed by atoms with Crippen molar-refractivity contribution in [3.05, 3.63) is 33.8 Å². The van der Waals surface area contributed by atoms with Gasteiger partial charge in [0.2, 0.25) is 5.91 Å². The Kier molecular flexibility index (Phi) is 3.56. The van der Waals surface area contributed by atoms with Gasteiger partial charge in [-0.1, -0.05) is 29.3 Å². The van der Waals surface area contributed by atoms with E-state index in [-0.39, 0.29) is 24.3 Å². The Bertz CT molecular complexity index is 496. The lowest BCUT2D eigenvalue weighted by molar-refractivity contribution is -0.122. The van der Waals surface area contributed by atoms with Gasteiger partial charge in [-0.2, -0.15) is 5.26 Å². The van der Waals surface area contributed by atoms with Gasteiger partial charge in [-0.3, -0.25) is 4.79 Å². The normalized spacial score (nSPS) is 21.7. The summed E-state index contributed by atoms with van der Waals surface area (Å²) in [4.78, 5) is 11.6. The molecule has 0 saturated heterocycles. The molecule has 1 amide bonds. The predicted molar refractivity (Wildman–Crippen MR) is 65.9 cm³/mol. The number of nitrogens with zero attached hydrogens (tertiary/aromatic N) is 1. The van der Waals surface area contributed by atoms with Crippen molar-refractivity contribution < 1.29 is 4.79 Å². The first kappa shape index (κ1) is 12.2. The zero-order valence-electron chi connectivity index (χ0n) is 8.91. The third-order valence-corrected chi connectivity index (χ3v) is 3.58. The maximum Gasteiger partial charge on any atom is 0.224 e. The van der Waals surface area contributed by atoms with E-state index in [0.717, 1.165) is 12.0 Å². The van der Waals surface area contributed by atoms with Gasteiger partial charge >= 0.3 is 0 Å². The third kappa shape index (κ3) is 2.71. The van der Waals surface area contributed by atoms with Crippen LogP contribution in [0.1, 0.15) is 17.9 Å². The van der Waals surface area contributed by atoms with Crippen LogP contribution in [0.5, 0.6) is 0 Å². The highest BCUT2D eigenvalue weighted by molar-refractivity contribution is 6.42. The van der Waals surface area contributed by atoms with Gasteiger partial charge in [0.25, 0.3) is 0 Å². The molecule has 0 unspecified atom stereocenters. The van der Waals surface area contributed by atoms with Gasteiger partial charge < -0.3 is 5.32 Å². The van der Waals surface area contributed by atoms with Crippen LogP contribution in [0.25, 0.3) is 0 Å². The molecule has 0 aliphatic heterocycles. The van der Waals surface area contributed by atoms with Crippen molar-refractivity contribution in [2.24, 2.45) is 5.92 Å². The van der Waals surface area contributed by atoms with E-state index in [9.17, 15) is 4.79 Å². The molecular weight excluding hydrogens is 259 g/mol. The number of carbonyl (C=O) groups excluding carboxylic acids is 1. The first-order valence-corrected chi connectivity index (χ1v) is 5.98. The van der Waals surface area contributed by atoms with Crippen molar-refractivity contribution in [3.63, 3.8) is 0 Å². The molecule has 1 fully saturated rings. The number of nitrogens with one attached hydrogen (secondary N) is 1. The summed E-state index contributed by atoms with van der Waals surface area (Å²) in [7, 11) is 0. The molecule has 3 nitrogen and oxygen atoms in total. The van der Waals surface area contributed by atoms with E-state index in [1.54, 1.807) is 12.1 Å². The molecule has 1 N–H and O–H groups in total. The Balaban J connectivity index is 2.00. The largest absolute Gasteiger partial charge is 0.343 e. The molecule has 1 aliphatic rings. The molecule has 88 valence electrons. The number of nitriles is 1. The molecule has 0 radical (unpaired) electrons. The van der Waals surface area contributed by atoms with Gasteiger partial charge in [0.05, 0.1) is 16.1 Å². The van der Waals surface area contributed by atoms with Crippen LogP contribution in [-0.4, -0.2) is 12.5 Å². The van der Waals surface area contributed by atoms with E-state index >= 15 is 0 Å². The molecule has 1 saturated carbocycles. The summed E-state index contributed by atoms with van der Waals surface area (Å²) in [6.07, 6.45) is 0.801. The highest BCUT2D eigenvalue weighted by Gasteiger charge is 2.43. The van der Waals surface area contributed by atoms with Crippen molar-refractivity contribution in [3.8, 4) is 6.07 Å². The molecule has 0 heterocycles. The van der Waals surface area contributed by atoms with Gasteiger partial charge in [0.15, 0.2) is 0 Å². The van der Waals surface area contributed by atoms with Crippen LogP contribution in [0.4, 0.5) is 0 Å². The zero-order chi connectivity index (χ0) is 12.4. The van der Waals surface area contributed by atoms with Crippen LogP contribution < -0.4 is 5.32 Å². The topological polar surface area (TPSA) is 52.9 Å². The summed E-state index contributed by atoms with van der Waals surface area (Å²) >= 11 is 11.7. The molecule has 2 atom stereocenters. The zero-order valence-corrected chi connectivity index (χ0v) is 10.4. The number of benzene rings is 1. The smallest absolute Gasteiger partial charge is 0.224 e. The Morgan fingerprint density at radius 2 is 2.24 bits per heavy atom. The summed E-state index contributed by atoms with van der Waals surface area (Å²) in [6.45, 7) is 0.0590.